The van der Waals surface area contributed by atoms with Gasteiger partial charge < -0.3 is 15.0 Å². The van der Waals surface area contributed by atoms with Crippen LogP contribution in [-0.4, -0.2) is 71.6 Å². The second-order valence-electron chi connectivity index (χ2n) is 6.97. The predicted octanol–water partition coefficient (Wildman–Crippen LogP) is 1.92. The van der Waals surface area contributed by atoms with E-state index in [0.717, 1.165) is 50.5 Å². The van der Waals surface area contributed by atoms with Crippen LogP contribution in [0.5, 0.6) is 0 Å². The highest BCUT2D eigenvalue weighted by molar-refractivity contribution is 5.74. The number of anilines is 2. The minimum atomic E-state index is -0.199. The summed E-state index contributed by atoms with van der Waals surface area (Å²) in [6, 6.07) is 6.76. The van der Waals surface area contributed by atoms with Gasteiger partial charge in [0.25, 0.3) is 0 Å². The number of piperazine rings is 1. The standard InChI is InChI=1S/C19H24FN7O2/c1-28-11-3-6-21-18-19(23-17-16(22-18)24-29-25-17)27-9-7-26(8-10-27)13-14-4-2-5-15(20)12-14/h2,4-5,12H,3,6-11,13H2,1H3,(H,21,22,24). The summed E-state index contributed by atoms with van der Waals surface area (Å²) in [5.74, 6) is 1.22. The van der Waals surface area contributed by atoms with Crippen molar-refractivity contribution < 1.29 is 13.8 Å². The van der Waals surface area contributed by atoms with Gasteiger partial charge in [-0.05, 0) is 34.4 Å². The van der Waals surface area contributed by atoms with Gasteiger partial charge in [0.1, 0.15) is 5.82 Å². The molecule has 10 heteroatoms. The van der Waals surface area contributed by atoms with Crippen LogP contribution in [0.15, 0.2) is 28.9 Å². The van der Waals surface area contributed by atoms with Gasteiger partial charge in [-0.1, -0.05) is 12.1 Å². The topological polar surface area (TPSA) is 92.4 Å². The van der Waals surface area contributed by atoms with Gasteiger partial charge in [-0.2, -0.15) is 0 Å². The van der Waals surface area contributed by atoms with Gasteiger partial charge in [-0.25, -0.2) is 19.0 Å². The highest BCUT2D eigenvalue weighted by atomic mass is 19.1. The lowest BCUT2D eigenvalue weighted by molar-refractivity contribution is 0.197. The Morgan fingerprint density at radius 1 is 1.14 bits per heavy atom. The van der Waals surface area contributed by atoms with E-state index in [0.29, 0.717) is 30.3 Å². The highest BCUT2D eigenvalue weighted by Crippen LogP contribution is 2.25. The maximum atomic E-state index is 13.4. The van der Waals surface area contributed by atoms with Gasteiger partial charge >= 0.3 is 0 Å². The first-order chi connectivity index (χ1) is 14.2. The first-order valence-electron chi connectivity index (χ1n) is 9.68. The molecule has 2 aromatic heterocycles. The summed E-state index contributed by atoms with van der Waals surface area (Å²) in [5, 5.41) is 10.9. The minimum Gasteiger partial charge on any atom is -0.385 e. The summed E-state index contributed by atoms with van der Waals surface area (Å²) < 4.78 is 23.3. The maximum Gasteiger partial charge on any atom is 0.245 e. The number of nitrogens with one attached hydrogen (secondary N) is 1. The molecule has 1 aliphatic rings. The van der Waals surface area contributed by atoms with E-state index >= 15 is 0 Å². The number of fused-ring (bicyclic) bond motifs is 1. The van der Waals surface area contributed by atoms with Gasteiger partial charge in [0.05, 0.1) is 0 Å². The third-order valence-electron chi connectivity index (χ3n) is 4.88. The van der Waals surface area contributed by atoms with Crippen molar-refractivity contribution in [1.82, 2.24) is 25.2 Å². The quantitative estimate of drug-likeness (QED) is 0.568. The molecule has 0 aliphatic carbocycles. The number of rotatable bonds is 8. The molecule has 29 heavy (non-hydrogen) atoms. The first-order valence-corrected chi connectivity index (χ1v) is 9.68. The molecule has 0 amide bonds. The van der Waals surface area contributed by atoms with E-state index in [1.807, 2.05) is 6.07 Å². The Labute approximate surface area is 167 Å². The fourth-order valence-electron chi connectivity index (χ4n) is 3.40. The van der Waals surface area contributed by atoms with E-state index in [-0.39, 0.29) is 5.82 Å². The minimum absolute atomic E-state index is 0.199. The van der Waals surface area contributed by atoms with Crippen LogP contribution >= 0.6 is 0 Å². The van der Waals surface area contributed by atoms with Gasteiger partial charge in [-0.3, -0.25) is 4.90 Å². The van der Waals surface area contributed by atoms with Gasteiger partial charge in [0, 0.05) is 53.0 Å². The lowest BCUT2D eigenvalue weighted by Gasteiger charge is -2.35. The van der Waals surface area contributed by atoms with Gasteiger partial charge in [0.2, 0.25) is 11.3 Å². The molecule has 0 spiro atoms. The molecule has 0 unspecified atom stereocenters. The van der Waals surface area contributed by atoms with Crippen LogP contribution in [0.1, 0.15) is 12.0 Å². The number of hydrogen-bond donors (Lipinski definition) is 1. The summed E-state index contributed by atoms with van der Waals surface area (Å²) in [7, 11) is 1.68. The number of ether oxygens (including phenoxy) is 1. The Balaban J connectivity index is 1.43. The zero-order chi connectivity index (χ0) is 20.1. The fourth-order valence-corrected chi connectivity index (χ4v) is 3.40. The van der Waals surface area contributed by atoms with Crippen LogP contribution < -0.4 is 10.2 Å². The van der Waals surface area contributed by atoms with Crippen molar-refractivity contribution in [2.75, 3.05) is 56.7 Å². The van der Waals surface area contributed by atoms with E-state index in [9.17, 15) is 4.39 Å². The number of methoxy groups -OCH3 is 1. The van der Waals surface area contributed by atoms with Crippen molar-refractivity contribution in [2.24, 2.45) is 0 Å². The van der Waals surface area contributed by atoms with Crippen LogP contribution in [0.2, 0.25) is 0 Å². The smallest absolute Gasteiger partial charge is 0.245 e. The fraction of sp³-hybridized carbons (Fsp3) is 0.474. The summed E-state index contributed by atoms with van der Waals surface area (Å²) in [4.78, 5) is 13.6. The van der Waals surface area contributed by atoms with Crippen molar-refractivity contribution in [2.45, 2.75) is 13.0 Å². The van der Waals surface area contributed by atoms with Crippen molar-refractivity contribution in [3.8, 4) is 0 Å². The normalized spacial score (nSPS) is 15.2. The molecule has 4 rings (SSSR count). The molecule has 3 aromatic rings. The summed E-state index contributed by atoms with van der Waals surface area (Å²) in [5.41, 5.74) is 1.76. The molecule has 154 valence electrons. The summed E-state index contributed by atoms with van der Waals surface area (Å²) >= 11 is 0. The van der Waals surface area contributed by atoms with E-state index in [1.54, 1.807) is 19.2 Å². The largest absolute Gasteiger partial charge is 0.385 e. The second-order valence-corrected chi connectivity index (χ2v) is 6.97. The first kappa shape index (κ1) is 19.5. The van der Waals surface area contributed by atoms with Crippen molar-refractivity contribution in [1.29, 1.82) is 0 Å². The van der Waals surface area contributed by atoms with E-state index in [4.69, 9.17) is 9.37 Å². The zero-order valence-electron chi connectivity index (χ0n) is 16.3. The maximum absolute atomic E-state index is 13.4. The number of benzene rings is 1. The average Bonchev–Trinajstić information content (AvgIpc) is 3.19. The number of aromatic nitrogens is 4. The van der Waals surface area contributed by atoms with Crippen LogP contribution in [0.4, 0.5) is 16.0 Å². The SMILES string of the molecule is COCCCNc1nc2nonc2nc1N1CCN(Cc2cccc(F)c2)CC1. The van der Waals surface area contributed by atoms with E-state index in [2.05, 4.69) is 35.4 Å². The molecule has 3 heterocycles. The van der Waals surface area contributed by atoms with Crippen LogP contribution in [0, 0.1) is 5.82 Å². The molecular formula is C19H24FN7O2. The van der Waals surface area contributed by atoms with Crippen molar-refractivity contribution in [3.05, 3.63) is 35.6 Å². The summed E-state index contributed by atoms with van der Waals surface area (Å²) in [6.45, 7) is 5.37. The van der Waals surface area contributed by atoms with Crippen molar-refractivity contribution in [3.63, 3.8) is 0 Å². The molecule has 0 atom stereocenters. The number of halogens is 1. The lowest BCUT2D eigenvalue weighted by Crippen LogP contribution is -2.46. The van der Waals surface area contributed by atoms with Crippen LogP contribution in [-0.2, 0) is 11.3 Å². The Hall–Kier alpha value is -2.85. The molecule has 1 aliphatic heterocycles. The highest BCUT2D eigenvalue weighted by Gasteiger charge is 2.23. The molecule has 1 N–H and O–H groups in total. The third-order valence-corrected chi connectivity index (χ3v) is 4.88. The van der Waals surface area contributed by atoms with Crippen molar-refractivity contribution >= 4 is 22.9 Å². The van der Waals surface area contributed by atoms with E-state index < -0.39 is 0 Å². The molecule has 1 aromatic carbocycles. The molecular weight excluding hydrogens is 377 g/mol. The molecule has 0 bridgehead atoms. The third kappa shape index (κ3) is 4.77. The van der Waals surface area contributed by atoms with Crippen LogP contribution in [0.25, 0.3) is 11.3 Å². The van der Waals surface area contributed by atoms with Gasteiger partial charge in [-0.15, -0.1) is 0 Å². The van der Waals surface area contributed by atoms with E-state index in [1.165, 1.54) is 6.07 Å². The molecule has 1 fully saturated rings. The second kappa shape index (κ2) is 9.10. The Bertz CT molecular complexity index is 943. The predicted molar refractivity (Wildman–Crippen MR) is 106 cm³/mol. The Kier molecular flexibility index (Phi) is 6.11. The average molecular weight is 401 g/mol. The molecule has 1 saturated heterocycles. The monoisotopic (exact) mass is 401 g/mol. The zero-order valence-corrected chi connectivity index (χ0v) is 16.3. The Morgan fingerprint density at radius 3 is 2.69 bits per heavy atom. The number of hydrogen-bond acceptors (Lipinski definition) is 9. The van der Waals surface area contributed by atoms with Crippen LogP contribution in [0.3, 0.4) is 0 Å². The lowest BCUT2D eigenvalue weighted by atomic mass is 10.2. The summed E-state index contributed by atoms with van der Waals surface area (Å²) in [6.07, 6.45) is 0.855. The molecule has 9 nitrogen and oxygen atoms in total. The Morgan fingerprint density at radius 2 is 1.93 bits per heavy atom. The van der Waals surface area contributed by atoms with Gasteiger partial charge in [0.15, 0.2) is 11.6 Å². The molecule has 0 radical (unpaired) electrons. The molecule has 0 saturated carbocycles. The number of nitrogens with zero attached hydrogens (tertiary/aromatic N) is 6.